The Kier molecular flexibility index (Phi) is 4.84. The fourth-order valence-electron chi connectivity index (χ4n) is 1.03. The fourth-order valence-corrected chi connectivity index (χ4v) is 1.28. The van der Waals surface area contributed by atoms with Crippen molar-refractivity contribution in [1.29, 1.82) is 0 Å². The highest BCUT2D eigenvalue weighted by atomic mass is 35.5. The van der Waals surface area contributed by atoms with Gasteiger partial charge in [0, 0.05) is 11.6 Å². The van der Waals surface area contributed by atoms with Gasteiger partial charge in [0.05, 0.1) is 6.61 Å². The zero-order valence-electron chi connectivity index (χ0n) is 8.19. The Morgan fingerprint density at radius 3 is 2.73 bits per heavy atom. The molecule has 0 saturated carbocycles. The Bertz CT molecular complexity index is 320. The van der Waals surface area contributed by atoms with Gasteiger partial charge in [-0.25, -0.2) is 0 Å². The summed E-state index contributed by atoms with van der Waals surface area (Å²) in [7, 11) is 0. The molecular weight excluding hydrogens is 218 g/mol. The monoisotopic (exact) mass is 231 g/mol. The molecule has 15 heavy (non-hydrogen) atoms. The average molecular weight is 232 g/mol. The first-order chi connectivity index (χ1) is 7.17. The van der Waals surface area contributed by atoms with Gasteiger partial charge in [-0.1, -0.05) is 17.7 Å². The van der Waals surface area contributed by atoms with Crippen molar-refractivity contribution >= 4 is 11.6 Å². The van der Waals surface area contributed by atoms with Crippen LogP contribution in [-0.4, -0.2) is 29.5 Å². The summed E-state index contributed by atoms with van der Waals surface area (Å²) < 4.78 is 5.20. The Hall–Kier alpha value is -0.810. The number of hydrogen-bond donors (Lipinski definition) is 3. The molecule has 0 aromatic heterocycles. The number of hydrogen-bond acceptors (Lipinski definition) is 4. The largest absolute Gasteiger partial charge is 0.491 e. The van der Waals surface area contributed by atoms with Crippen molar-refractivity contribution in [2.24, 2.45) is 5.73 Å². The van der Waals surface area contributed by atoms with Crippen molar-refractivity contribution in [1.82, 2.24) is 0 Å². The van der Waals surface area contributed by atoms with Gasteiger partial charge in [-0.3, -0.25) is 0 Å². The maximum atomic E-state index is 9.06. The second kappa shape index (κ2) is 5.92. The van der Waals surface area contributed by atoms with Crippen LogP contribution in [0.5, 0.6) is 5.75 Å². The molecule has 5 heteroatoms. The highest BCUT2D eigenvalue weighted by Gasteiger charge is 2.04. The zero-order valence-corrected chi connectivity index (χ0v) is 8.94. The molecule has 0 aliphatic rings. The van der Waals surface area contributed by atoms with Gasteiger partial charge in [0.15, 0.2) is 0 Å². The molecule has 0 aliphatic carbocycles. The number of aliphatic hydroxyl groups excluding tert-OH is 2. The predicted octanol–water partition coefficient (Wildman–Crippen LogP) is 0.531. The standard InChI is InChI=1S/C10H14ClNO3/c11-10-3-9(2-1-7(10)4-12)15-6-8(14)5-13/h1-3,8,13-14H,4-6,12H2. The van der Waals surface area contributed by atoms with Crippen LogP contribution < -0.4 is 10.5 Å². The highest BCUT2D eigenvalue weighted by Crippen LogP contribution is 2.22. The molecule has 0 heterocycles. The Balaban J connectivity index is 2.59. The van der Waals surface area contributed by atoms with Gasteiger partial charge in [0.25, 0.3) is 0 Å². The molecule has 1 unspecified atom stereocenters. The minimum absolute atomic E-state index is 0.0365. The molecule has 0 radical (unpaired) electrons. The summed E-state index contributed by atoms with van der Waals surface area (Å²) >= 11 is 5.91. The van der Waals surface area contributed by atoms with Crippen molar-refractivity contribution in [3.05, 3.63) is 28.8 Å². The molecule has 1 aromatic carbocycles. The van der Waals surface area contributed by atoms with E-state index in [1.165, 1.54) is 0 Å². The van der Waals surface area contributed by atoms with Gasteiger partial charge in [0.2, 0.25) is 0 Å². The third-order valence-corrected chi connectivity index (χ3v) is 2.25. The van der Waals surface area contributed by atoms with E-state index in [0.29, 0.717) is 17.3 Å². The lowest BCUT2D eigenvalue weighted by atomic mass is 10.2. The number of rotatable bonds is 5. The lowest BCUT2D eigenvalue weighted by molar-refractivity contribution is 0.0536. The molecule has 84 valence electrons. The van der Waals surface area contributed by atoms with E-state index in [9.17, 15) is 0 Å². The molecule has 4 nitrogen and oxygen atoms in total. The van der Waals surface area contributed by atoms with Crippen LogP contribution >= 0.6 is 11.6 Å². The van der Waals surface area contributed by atoms with E-state index in [1.54, 1.807) is 18.2 Å². The SMILES string of the molecule is NCc1ccc(OCC(O)CO)cc1Cl. The zero-order chi connectivity index (χ0) is 11.3. The van der Waals surface area contributed by atoms with Gasteiger partial charge >= 0.3 is 0 Å². The van der Waals surface area contributed by atoms with Gasteiger partial charge in [-0.15, -0.1) is 0 Å². The molecule has 1 atom stereocenters. The highest BCUT2D eigenvalue weighted by molar-refractivity contribution is 6.31. The summed E-state index contributed by atoms with van der Waals surface area (Å²) in [5.74, 6) is 0.546. The molecular formula is C10H14ClNO3. The molecule has 1 aromatic rings. The van der Waals surface area contributed by atoms with E-state index in [1.807, 2.05) is 0 Å². The first-order valence-electron chi connectivity index (χ1n) is 4.57. The van der Waals surface area contributed by atoms with E-state index < -0.39 is 6.10 Å². The van der Waals surface area contributed by atoms with Crippen LogP contribution in [0.1, 0.15) is 5.56 Å². The average Bonchev–Trinajstić information content (AvgIpc) is 2.26. The van der Waals surface area contributed by atoms with Crippen molar-refractivity contribution in [3.8, 4) is 5.75 Å². The molecule has 0 saturated heterocycles. The lowest BCUT2D eigenvalue weighted by Gasteiger charge is -2.10. The van der Waals surface area contributed by atoms with Crippen LogP contribution in [0.25, 0.3) is 0 Å². The van der Waals surface area contributed by atoms with Crippen LogP contribution in [0.2, 0.25) is 5.02 Å². The minimum atomic E-state index is -0.877. The van der Waals surface area contributed by atoms with E-state index in [0.717, 1.165) is 5.56 Å². The van der Waals surface area contributed by atoms with Gasteiger partial charge in [-0.05, 0) is 17.7 Å². The third-order valence-electron chi connectivity index (χ3n) is 1.90. The maximum absolute atomic E-state index is 9.06. The Labute approximate surface area is 93.2 Å². The first-order valence-corrected chi connectivity index (χ1v) is 4.95. The van der Waals surface area contributed by atoms with Crippen LogP contribution in [0, 0.1) is 0 Å². The van der Waals surface area contributed by atoms with Crippen LogP contribution in [0.4, 0.5) is 0 Å². The number of halogens is 1. The van der Waals surface area contributed by atoms with E-state index in [4.69, 9.17) is 32.3 Å². The second-order valence-electron chi connectivity index (χ2n) is 3.10. The normalized spacial score (nSPS) is 12.5. The van der Waals surface area contributed by atoms with Gasteiger partial charge in [-0.2, -0.15) is 0 Å². The van der Waals surface area contributed by atoms with Crippen molar-refractivity contribution in [2.75, 3.05) is 13.2 Å². The topological polar surface area (TPSA) is 75.7 Å². The summed E-state index contributed by atoms with van der Waals surface area (Å²) in [6.07, 6.45) is -0.877. The minimum Gasteiger partial charge on any atom is -0.491 e. The number of benzene rings is 1. The van der Waals surface area contributed by atoms with Gasteiger partial charge < -0.3 is 20.7 Å². The Morgan fingerprint density at radius 1 is 1.47 bits per heavy atom. The van der Waals surface area contributed by atoms with E-state index in [-0.39, 0.29) is 13.2 Å². The van der Waals surface area contributed by atoms with E-state index >= 15 is 0 Å². The molecule has 0 bridgehead atoms. The van der Waals surface area contributed by atoms with E-state index in [2.05, 4.69) is 0 Å². The summed E-state index contributed by atoms with van der Waals surface area (Å²) in [4.78, 5) is 0. The summed E-state index contributed by atoms with van der Waals surface area (Å²) in [5.41, 5.74) is 6.29. The number of ether oxygens (including phenoxy) is 1. The van der Waals surface area contributed by atoms with Crippen molar-refractivity contribution in [3.63, 3.8) is 0 Å². The third kappa shape index (κ3) is 3.68. The Morgan fingerprint density at radius 2 is 2.20 bits per heavy atom. The molecule has 0 amide bonds. The van der Waals surface area contributed by atoms with Crippen LogP contribution in [-0.2, 0) is 6.54 Å². The number of nitrogens with two attached hydrogens (primary N) is 1. The summed E-state index contributed by atoms with van der Waals surface area (Å²) in [6.45, 7) is 0.0851. The maximum Gasteiger partial charge on any atom is 0.120 e. The quantitative estimate of drug-likeness (QED) is 0.691. The van der Waals surface area contributed by atoms with Crippen molar-refractivity contribution < 1.29 is 14.9 Å². The number of aliphatic hydroxyl groups is 2. The smallest absolute Gasteiger partial charge is 0.120 e. The fraction of sp³-hybridized carbons (Fsp3) is 0.400. The lowest BCUT2D eigenvalue weighted by Crippen LogP contribution is -2.21. The van der Waals surface area contributed by atoms with Crippen LogP contribution in [0.15, 0.2) is 18.2 Å². The molecule has 1 rings (SSSR count). The first kappa shape index (κ1) is 12.3. The molecule has 4 N–H and O–H groups in total. The summed E-state index contributed by atoms with van der Waals surface area (Å²) in [6, 6.07) is 5.12. The predicted molar refractivity (Wildman–Crippen MR) is 57.9 cm³/mol. The molecule has 0 spiro atoms. The van der Waals surface area contributed by atoms with Crippen LogP contribution in [0.3, 0.4) is 0 Å². The molecule has 0 aliphatic heterocycles. The summed E-state index contributed by atoms with van der Waals surface area (Å²) in [5, 5.41) is 18.2. The van der Waals surface area contributed by atoms with Gasteiger partial charge in [0.1, 0.15) is 18.5 Å². The molecule has 0 fully saturated rings. The van der Waals surface area contributed by atoms with Crippen molar-refractivity contribution in [2.45, 2.75) is 12.6 Å². The second-order valence-corrected chi connectivity index (χ2v) is 3.51.